The highest BCUT2D eigenvalue weighted by molar-refractivity contribution is 5.76. The van der Waals surface area contributed by atoms with Gasteiger partial charge in [0.05, 0.1) is 0 Å². The van der Waals surface area contributed by atoms with Crippen molar-refractivity contribution in [2.24, 2.45) is 5.92 Å². The van der Waals surface area contributed by atoms with E-state index in [1.165, 1.54) is 12.8 Å². The van der Waals surface area contributed by atoms with Crippen LogP contribution in [0.25, 0.3) is 0 Å². The van der Waals surface area contributed by atoms with Gasteiger partial charge in [-0.25, -0.2) is 0 Å². The van der Waals surface area contributed by atoms with Crippen LogP contribution in [0.5, 0.6) is 0 Å². The first kappa shape index (κ1) is 16.8. The maximum atomic E-state index is 12.0. The molecule has 1 fully saturated rings. The molecule has 122 valence electrons. The molecular weight excluding hydrogens is 274 g/mol. The van der Waals surface area contributed by atoms with Crippen molar-refractivity contribution in [2.45, 2.75) is 45.6 Å². The second kappa shape index (κ2) is 8.18. The lowest BCUT2D eigenvalue weighted by atomic mass is 9.99. The van der Waals surface area contributed by atoms with Crippen molar-refractivity contribution in [2.75, 3.05) is 25.4 Å². The van der Waals surface area contributed by atoms with E-state index in [0.29, 0.717) is 18.9 Å². The van der Waals surface area contributed by atoms with E-state index < -0.39 is 0 Å². The molecule has 0 aliphatic carbocycles. The van der Waals surface area contributed by atoms with Gasteiger partial charge in [-0.1, -0.05) is 25.1 Å². The van der Waals surface area contributed by atoms with Gasteiger partial charge in [0.2, 0.25) is 5.91 Å². The summed E-state index contributed by atoms with van der Waals surface area (Å²) in [4.78, 5) is 14.5. The summed E-state index contributed by atoms with van der Waals surface area (Å²) in [5, 5.41) is 3.06. The summed E-state index contributed by atoms with van der Waals surface area (Å²) in [5.74, 6) is 0.883. The zero-order valence-corrected chi connectivity index (χ0v) is 13.8. The molecule has 1 aromatic rings. The number of carbonyl (C=O) groups excluding carboxylic acids is 1. The first-order valence-corrected chi connectivity index (χ1v) is 8.40. The van der Waals surface area contributed by atoms with Crippen LogP contribution in [0.1, 0.15) is 38.7 Å². The van der Waals surface area contributed by atoms with Crippen molar-refractivity contribution in [1.29, 1.82) is 0 Å². The zero-order chi connectivity index (χ0) is 15.9. The monoisotopic (exact) mass is 303 g/mol. The number of piperidine rings is 1. The number of aryl methyl sites for hydroxylation is 1. The molecule has 0 aromatic heterocycles. The molecule has 0 saturated carbocycles. The SMILES string of the molecule is CC1CCCN(C(C)CNC(=O)CCc2ccccc2N)C1. The highest BCUT2D eigenvalue weighted by Crippen LogP contribution is 2.17. The van der Waals surface area contributed by atoms with Gasteiger partial charge < -0.3 is 11.1 Å². The minimum absolute atomic E-state index is 0.111. The van der Waals surface area contributed by atoms with Gasteiger partial charge in [-0.15, -0.1) is 0 Å². The van der Waals surface area contributed by atoms with Gasteiger partial charge in [0, 0.05) is 31.2 Å². The summed E-state index contributed by atoms with van der Waals surface area (Å²) in [5.41, 5.74) is 7.72. The van der Waals surface area contributed by atoms with Crippen molar-refractivity contribution >= 4 is 11.6 Å². The number of hydrogen-bond donors (Lipinski definition) is 2. The fourth-order valence-electron chi connectivity index (χ4n) is 3.12. The number of nitrogens with one attached hydrogen (secondary N) is 1. The molecule has 2 rings (SSSR count). The quantitative estimate of drug-likeness (QED) is 0.794. The molecule has 0 bridgehead atoms. The van der Waals surface area contributed by atoms with Crippen molar-refractivity contribution in [3.05, 3.63) is 29.8 Å². The molecule has 0 spiro atoms. The fraction of sp³-hybridized carbons (Fsp3) is 0.611. The Morgan fingerprint density at radius 2 is 2.23 bits per heavy atom. The van der Waals surface area contributed by atoms with E-state index >= 15 is 0 Å². The normalized spacial score (nSPS) is 20.5. The molecule has 4 heteroatoms. The maximum absolute atomic E-state index is 12.0. The molecule has 2 unspecified atom stereocenters. The van der Waals surface area contributed by atoms with Crippen LogP contribution < -0.4 is 11.1 Å². The van der Waals surface area contributed by atoms with Crippen LogP contribution >= 0.6 is 0 Å². The average molecular weight is 303 g/mol. The molecule has 1 aromatic carbocycles. The lowest BCUT2D eigenvalue weighted by Gasteiger charge is -2.35. The van der Waals surface area contributed by atoms with Crippen molar-refractivity contribution in [3.63, 3.8) is 0 Å². The highest BCUT2D eigenvalue weighted by Gasteiger charge is 2.21. The number of benzene rings is 1. The Bertz CT molecular complexity index is 489. The minimum Gasteiger partial charge on any atom is -0.399 e. The zero-order valence-electron chi connectivity index (χ0n) is 13.8. The Balaban J connectivity index is 1.70. The van der Waals surface area contributed by atoms with Gasteiger partial charge >= 0.3 is 0 Å². The number of amides is 1. The summed E-state index contributed by atoms with van der Waals surface area (Å²) >= 11 is 0. The maximum Gasteiger partial charge on any atom is 0.220 e. The average Bonchev–Trinajstić information content (AvgIpc) is 2.52. The van der Waals surface area contributed by atoms with Crippen LogP contribution in [0.2, 0.25) is 0 Å². The molecule has 1 aliphatic rings. The van der Waals surface area contributed by atoms with Gasteiger partial charge in [-0.3, -0.25) is 9.69 Å². The first-order chi connectivity index (χ1) is 10.6. The fourth-order valence-corrected chi connectivity index (χ4v) is 3.12. The molecule has 4 nitrogen and oxygen atoms in total. The Hall–Kier alpha value is -1.55. The predicted molar refractivity (Wildman–Crippen MR) is 91.6 cm³/mol. The standard InChI is InChI=1S/C18H29N3O/c1-14-6-5-11-21(13-14)15(2)12-20-18(22)10-9-16-7-3-4-8-17(16)19/h3-4,7-8,14-15H,5-6,9-13,19H2,1-2H3,(H,20,22). The van der Waals surface area contributed by atoms with E-state index in [1.807, 2.05) is 24.3 Å². The summed E-state index contributed by atoms with van der Waals surface area (Å²) < 4.78 is 0. The third-order valence-electron chi connectivity index (χ3n) is 4.58. The van der Waals surface area contributed by atoms with E-state index in [4.69, 9.17) is 5.73 Å². The Kier molecular flexibility index (Phi) is 6.25. The first-order valence-electron chi connectivity index (χ1n) is 8.40. The number of carbonyl (C=O) groups is 1. The molecule has 0 radical (unpaired) electrons. The molecule has 2 atom stereocenters. The third kappa shape index (κ3) is 5.02. The second-order valence-electron chi connectivity index (χ2n) is 6.59. The number of nitrogens with zero attached hydrogens (tertiary/aromatic N) is 1. The molecule has 1 aliphatic heterocycles. The van der Waals surface area contributed by atoms with Gasteiger partial charge in [0.1, 0.15) is 0 Å². The van der Waals surface area contributed by atoms with E-state index in [-0.39, 0.29) is 5.91 Å². The molecular formula is C18H29N3O. The summed E-state index contributed by atoms with van der Waals surface area (Å²) in [7, 11) is 0. The Labute approximate surface area is 134 Å². The molecule has 1 amide bonds. The van der Waals surface area contributed by atoms with Gasteiger partial charge in [-0.05, 0) is 50.3 Å². The van der Waals surface area contributed by atoms with E-state index in [2.05, 4.69) is 24.1 Å². The molecule has 22 heavy (non-hydrogen) atoms. The second-order valence-corrected chi connectivity index (χ2v) is 6.59. The van der Waals surface area contributed by atoms with Gasteiger partial charge in [0.25, 0.3) is 0 Å². The number of nitrogens with two attached hydrogens (primary N) is 1. The van der Waals surface area contributed by atoms with E-state index in [0.717, 1.165) is 36.8 Å². The van der Waals surface area contributed by atoms with E-state index in [1.54, 1.807) is 0 Å². The largest absolute Gasteiger partial charge is 0.399 e. The number of anilines is 1. The summed E-state index contributed by atoms with van der Waals surface area (Å²) in [6.45, 7) is 7.55. The number of rotatable bonds is 6. The lowest BCUT2D eigenvalue weighted by Crippen LogP contribution is -2.46. The minimum atomic E-state index is 0.111. The van der Waals surface area contributed by atoms with Crippen molar-refractivity contribution in [1.82, 2.24) is 10.2 Å². The lowest BCUT2D eigenvalue weighted by molar-refractivity contribution is -0.121. The summed E-state index contributed by atoms with van der Waals surface area (Å²) in [6, 6.07) is 8.16. The molecule has 3 N–H and O–H groups in total. The van der Waals surface area contributed by atoms with Crippen LogP contribution in [-0.4, -0.2) is 36.5 Å². The molecule has 1 heterocycles. The van der Waals surface area contributed by atoms with Crippen molar-refractivity contribution in [3.8, 4) is 0 Å². The summed E-state index contributed by atoms with van der Waals surface area (Å²) in [6.07, 6.45) is 3.80. The van der Waals surface area contributed by atoms with Crippen LogP contribution in [-0.2, 0) is 11.2 Å². The van der Waals surface area contributed by atoms with Gasteiger partial charge in [0.15, 0.2) is 0 Å². The smallest absolute Gasteiger partial charge is 0.220 e. The highest BCUT2D eigenvalue weighted by atomic mass is 16.1. The predicted octanol–water partition coefficient (Wildman–Crippen LogP) is 2.44. The van der Waals surface area contributed by atoms with Crippen LogP contribution in [0.4, 0.5) is 5.69 Å². The number of para-hydroxylation sites is 1. The number of hydrogen-bond acceptors (Lipinski definition) is 3. The van der Waals surface area contributed by atoms with Crippen molar-refractivity contribution < 1.29 is 4.79 Å². The number of likely N-dealkylation sites (tertiary alicyclic amines) is 1. The van der Waals surface area contributed by atoms with Gasteiger partial charge in [-0.2, -0.15) is 0 Å². The Morgan fingerprint density at radius 1 is 1.45 bits per heavy atom. The Morgan fingerprint density at radius 3 is 2.95 bits per heavy atom. The topological polar surface area (TPSA) is 58.4 Å². The van der Waals surface area contributed by atoms with Crippen LogP contribution in [0.3, 0.4) is 0 Å². The van der Waals surface area contributed by atoms with E-state index in [9.17, 15) is 4.79 Å². The van der Waals surface area contributed by atoms with Crippen LogP contribution in [0.15, 0.2) is 24.3 Å². The number of nitrogen functional groups attached to an aromatic ring is 1. The van der Waals surface area contributed by atoms with Crippen LogP contribution in [0, 0.1) is 5.92 Å². The third-order valence-corrected chi connectivity index (χ3v) is 4.58. The molecule has 1 saturated heterocycles.